The second-order valence-corrected chi connectivity index (χ2v) is 7.70. The first-order valence-electron chi connectivity index (χ1n) is 10.5. The lowest BCUT2D eigenvalue weighted by molar-refractivity contribution is -0.119. The summed E-state index contributed by atoms with van der Waals surface area (Å²) in [7, 11) is 1.57. The van der Waals surface area contributed by atoms with Crippen LogP contribution in [0.2, 0.25) is 0 Å². The van der Waals surface area contributed by atoms with Crippen LogP contribution in [0.3, 0.4) is 0 Å². The van der Waals surface area contributed by atoms with Crippen LogP contribution in [0.25, 0.3) is 22.2 Å². The Labute approximate surface area is 192 Å². The lowest BCUT2D eigenvalue weighted by Gasteiger charge is -2.14. The summed E-state index contributed by atoms with van der Waals surface area (Å²) < 4.78 is 10.5. The molecule has 0 bridgehead atoms. The van der Waals surface area contributed by atoms with Gasteiger partial charge in [-0.25, -0.2) is 9.78 Å². The van der Waals surface area contributed by atoms with Gasteiger partial charge in [0.25, 0.3) is 5.91 Å². The van der Waals surface area contributed by atoms with Crippen molar-refractivity contribution in [1.29, 1.82) is 0 Å². The number of hydrogen-bond donors (Lipinski definition) is 1. The van der Waals surface area contributed by atoms with Crippen LogP contribution in [0.15, 0.2) is 72.8 Å². The number of carbonyl (C=O) groups excluding carboxylic acids is 2. The van der Waals surface area contributed by atoms with Gasteiger partial charge in [0, 0.05) is 16.6 Å². The third-order valence-corrected chi connectivity index (χ3v) is 5.37. The average molecular weight is 440 g/mol. The van der Waals surface area contributed by atoms with Crippen molar-refractivity contribution >= 4 is 28.5 Å². The van der Waals surface area contributed by atoms with Crippen LogP contribution in [0.1, 0.15) is 21.5 Å². The van der Waals surface area contributed by atoms with E-state index in [0.29, 0.717) is 39.2 Å². The second-order valence-electron chi connectivity index (χ2n) is 7.70. The summed E-state index contributed by atoms with van der Waals surface area (Å²) in [5, 5.41) is 3.40. The van der Waals surface area contributed by atoms with Gasteiger partial charge in [-0.1, -0.05) is 48.0 Å². The maximum absolute atomic E-state index is 13.1. The highest BCUT2D eigenvalue weighted by atomic mass is 16.5. The van der Waals surface area contributed by atoms with Crippen molar-refractivity contribution in [2.45, 2.75) is 13.8 Å². The van der Waals surface area contributed by atoms with Crippen molar-refractivity contribution in [2.75, 3.05) is 19.0 Å². The normalized spacial score (nSPS) is 10.6. The Balaban J connectivity index is 1.58. The Kier molecular flexibility index (Phi) is 6.36. The van der Waals surface area contributed by atoms with E-state index < -0.39 is 18.5 Å². The number of rotatable bonds is 6. The number of nitrogens with one attached hydrogen (secondary N) is 1. The molecule has 1 N–H and O–H groups in total. The van der Waals surface area contributed by atoms with Gasteiger partial charge in [-0.3, -0.25) is 4.79 Å². The zero-order valence-electron chi connectivity index (χ0n) is 18.7. The molecule has 0 fully saturated rings. The molecule has 0 aliphatic rings. The molecule has 4 aromatic rings. The molecule has 6 nitrogen and oxygen atoms in total. The molecule has 4 rings (SSSR count). The van der Waals surface area contributed by atoms with Crippen LogP contribution in [0.4, 0.5) is 5.69 Å². The van der Waals surface area contributed by atoms with Gasteiger partial charge in [0.2, 0.25) is 0 Å². The number of aryl methyl sites for hydroxylation is 1. The number of aromatic nitrogens is 1. The first kappa shape index (κ1) is 22.0. The minimum absolute atomic E-state index is 0.402. The van der Waals surface area contributed by atoms with Crippen LogP contribution in [-0.2, 0) is 9.53 Å². The number of para-hydroxylation sites is 1. The van der Waals surface area contributed by atoms with E-state index in [1.807, 2.05) is 62.4 Å². The van der Waals surface area contributed by atoms with E-state index in [9.17, 15) is 9.59 Å². The number of carbonyl (C=O) groups is 2. The number of hydrogen-bond acceptors (Lipinski definition) is 5. The maximum atomic E-state index is 13.1. The quantitative estimate of drug-likeness (QED) is 0.411. The molecule has 0 unspecified atom stereocenters. The molecule has 166 valence electrons. The van der Waals surface area contributed by atoms with Crippen molar-refractivity contribution < 1.29 is 19.1 Å². The SMILES string of the molecule is COc1ccc(NC(=O)COC(=O)c2c(C)c(-c3ccc(C)cc3)nc3ccccc23)cc1. The van der Waals surface area contributed by atoms with Gasteiger partial charge in [-0.05, 0) is 49.7 Å². The van der Waals surface area contributed by atoms with Gasteiger partial charge >= 0.3 is 5.97 Å². The first-order chi connectivity index (χ1) is 16.0. The number of ether oxygens (including phenoxy) is 2. The number of benzene rings is 3. The Morgan fingerprint density at radius 1 is 0.909 bits per heavy atom. The van der Waals surface area contributed by atoms with Crippen LogP contribution < -0.4 is 10.1 Å². The number of esters is 1. The Bertz CT molecular complexity index is 1310. The molecular weight excluding hydrogens is 416 g/mol. The number of amides is 1. The summed E-state index contributed by atoms with van der Waals surface area (Å²) in [5.74, 6) is -0.309. The van der Waals surface area contributed by atoms with Gasteiger partial charge in [0.1, 0.15) is 5.75 Å². The largest absolute Gasteiger partial charge is 0.497 e. The summed E-state index contributed by atoms with van der Waals surface area (Å²) in [6, 6.07) is 22.3. The molecule has 0 saturated heterocycles. The highest BCUT2D eigenvalue weighted by molar-refractivity contribution is 6.07. The van der Waals surface area contributed by atoms with E-state index in [0.717, 1.165) is 11.1 Å². The maximum Gasteiger partial charge on any atom is 0.339 e. The minimum Gasteiger partial charge on any atom is -0.497 e. The molecule has 0 spiro atoms. The molecule has 33 heavy (non-hydrogen) atoms. The van der Waals surface area contributed by atoms with E-state index in [1.54, 1.807) is 31.4 Å². The van der Waals surface area contributed by atoms with Crippen LogP contribution in [0, 0.1) is 13.8 Å². The van der Waals surface area contributed by atoms with E-state index >= 15 is 0 Å². The summed E-state index contributed by atoms with van der Waals surface area (Å²) >= 11 is 0. The molecule has 1 aromatic heterocycles. The fourth-order valence-electron chi connectivity index (χ4n) is 3.64. The van der Waals surface area contributed by atoms with Crippen molar-refractivity contribution in [1.82, 2.24) is 4.98 Å². The minimum atomic E-state index is -0.565. The standard InChI is InChI=1S/C27H24N2O4/c1-17-8-10-19(11-9-17)26-18(2)25(22-6-4-5-7-23(22)29-26)27(31)33-16-24(30)28-20-12-14-21(32-3)15-13-20/h4-15H,16H2,1-3H3,(H,28,30). The zero-order chi connectivity index (χ0) is 23.4. The predicted octanol–water partition coefficient (Wildman–Crippen LogP) is 5.32. The third-order valence-electron chi connectivity index (χ3n) is 5.37. The Morgan fingerprint density at radius 2 is 1.61 bits per heavy atom. The van der Waals surface area contributed by atoms with E-state index in [-0.39, 0.29) is 0 Å². The van der Waals surface area contributed by atoms with Crippen LogP contribution in [0.5, 0.6) is 5.75 Å². The molecule has 0 saturated carbocycles. The monoisotopic (exact) mass is 440 g/mol. The van der Waals surface area contributed by atoms with Gasteiger partial charge < -0.3 is 14.8 Å². The summed E-state index contributed by atoms with van der Waals surface area (Å²) in [4.78, 5) is 30.2. The van der Waals surface area contributed by atoms with E-state index in [4.69, 9.17) is 14.5 Å². The number of methoxy groups -OCH3 is 1. The lowest BCUT2D eigenvalue weighted by atomic mass is 9.97. The Hall–Kier alpha value is -4.19. The van der Waals surface area contributed by atoms with E-state index in [2.05, 4.69) is 5.32 Å². The molecule has 0 atom stereocenters. The topological polar surface area (TPSA) is 77.5 Å². The molecule has 6 heteroatoms. The van der Waals surface area contributed by atoms with Crippen molar-refractivity contribution in [3.8, 4) is 17.0 Å². The van der Waals surface area contributed by atoms with Crippen LogP contribution in [-0.4, -0.2) is 30.6 Å². The van der Waals surface area contributed by atoms with Gasteiger partial charge in [0.15, 0.2) is 6.61 Å². The summed E-state index contributed by atoms with van der Waals surface area (Å²) in [6.07, 6.45) is 0. The second kappa shape index (κ2) is 9.53. The van der Waals surface area contributed by atoms with Gasteiger partial charge in [0.05, 0.1) is 23.9 Å². The zero-order valence-corrected chi connectivity index (χ0v) is 18.7. The number of pyridine rings is 1. The van der Waals surface area contributed by atoms with Crippen molar-refractivity contribution in [3.05, 3.63) is 89.5 Å². The van der Waals surface area contributed by atoms with Gasteiger partial charge in [-0.2, -0.15) is 0 Å². The molecule has 0 aliphatic heterocycles. The Morgan fingerprint density at radius 3 is 2.30 bits per heavy atom. The fraction of sp³-hybridized carbons (Fsp3) is 0.148. The lowest BCUT2D eigenvalue weighted by Crippen LogP contribution is -2.21. The first-order valence-corrected chi connectivity index (χ1v) is 10.5. The molecular formula is C27H24N2O4. The summed E-state index contributed by atoms with van der Waals surface area (Å²) in [6.45, 7) is 3.47. The smallest absolute Gasteiger partial charge is 0.339 e. The number of fused-ring (bicyclic) bond motifs is 1. The third kappa shape index (κ3) is 4.85. The molecule has 3 aromatic carbocycles. The molecule has 1 heterocycles. The highest BCUT2D eigenvalue weighted by Crippen LogP contribution is 2.30. The predicted molar refractivity (Wildman–Crippen MR) is 129 cm³/mol. The molecule has 0 aliphatic carbocycles. The van der Waals surface area contributed by atoms with Crippen molar-refractivity contribution in [3.63, 3.8) is 0 Å². The van der Waals surface area contributed by atoms with E-state index in [1.165, 1.54) is 0 Å². The van der Waals surface area contributed by atoms with Gasteiger partial charge in [-0.15, -0.1) is 0 Å². The fourth-order valence-corrected chi connectivity index (χ4v) is 3.64. The highest BCUT2D eigenvalue weighted by Gasteiger charge is 2.21. The van der Waals surface area contributed by atoms with Crippen LogP contribution >= 0.6 is 0 Å². The average Bonchev–Trinajstić information content (AvgIpc) is 2.83. The van der Waals surface area contributed by atoms with Crippen molar-refractivity contribution in [2.24, 2.45) is 0 Å². The molecule has 1 amide bonds. The number of nitrogens with zero attached hydrogens (tertiary/aromatic N) is 1. The molecule has 0 radical (unpaired) electrons. The number of anilines is 1. The summed E-state index contributed by atoms with van der Waals surface area (Å²) in [5.41, 5.74) is 5.15.